The van der Waals surface area contributed by atoms with Gasteiger partial charge in [-0.1, -0.05) is 50.5 Å². The first kappa shape index (κ1) is 17.1. The minimum Gasteiger partial charge on any atom is -0.507 e. The topological polar surface area (TPSA) is 49.8 Å². The molecule has 0 heterocycles. The fourth-order valence-corrected chi connectivity index (χ4v) is 2.87. The third-order valence-electron chi connectivity index (χ3n) is 4.19. The molecule has 0 aliphatic rings. The van der Waals surface area contributed by atoms with Crippen molar-refractivity contribution in [3.8, 4) is 5.75 Å². The minimum absolute atomic E-state index is 0.269. The van der Waals surface area contributed by atoms with E-state index in [2.05, 4.69) is 6.92 Å². The number of fused-ring (bicyclic) bond motifs is 1. The van der Waals surface area contributed by atoms with E-state index in [0.29, 0.717) is 5.69 Å². The van der Waals surface area contributed by atoms with Crippen molar-refractivity contribution in [1.29, 1.82) is 0 Å². The monoisotopic (exact) mass is 315 g/mol. The van der Waals surface area contributed by atoms with Crippen LogP contribution in [0, 0.1) is 0 Å². The third kappa shape index (κ3) is 3.76. The first-order chi connectivity index (χ1) is 11.1. The Kier molecular flexibility index (Phi) is 5.85. The number of carbonyl (C=O) groups is 1. The summed E-state index contributed by atoms with van der Waals surface area (Å²) < 4.78 is 4.82. The van der Waals surface area contributed by atoms with E-state index in [0.717, 1.165) is 35.6 Å². The molecule has 124 valence electrons. The number of phenolic OH excluding ortho intramolecular Hbond substituents is 1. The molecular weight excluding hydrogens is 290 g/mol. The molecule has 0 radical (unpaired) electrons. The van der Waals surface area contributed by atoms with Gasteiger partial charge < -0.3 is 9.84 Å². The second kappa shape index (κ2) is 7.86. The van der Waals surface area contributed by atoms with E-state index in [1.165, 1.54) is 24.9 Å². The van der Waals surface area contributed by atoms with E-state index in [9.17, 15) is 9.90 Å². The Balaban J connectivity index is 2.46. The highest BCUT2D eigenvalue weighted by Crippen LogP contribution is 2.37. The Labute approximate surface area is 137 Å². The molecule has 0 saturated carbocycles. The Morgan fingerprint density at radius 2 is 1.96 bits per heavy atom. The van der Waals surface area contributed by atoms with Crippen molar-refractivity contribution in [1.82, 2.24) is 0 Å². The molecule has 2 aromatic rings. The van der Waals surface area contributed by atoms with Crippen molar-refractivity contribution in [2.75, 3.05) is 19.1 Å². The second-order valence-electron chi connectivity index (χ2n) is 5.78. The number of carbonyl (C=O) groups excluding carboxylic acids is 1. The number of benzene rings is 2. The predicted octanol–water partition coefficient (Wildman–Crippen LogP) is 4.87. The van der Waals surface area contributed by atoms with Gasteiger partial charge in [0.15, 0.2) is 0 Å². The molecule has 0 unspecified atom stereocenters. The lowest BCUT2D eigenvalue weighted by Crippen LogP contribution is -2.27. The minimum atomic E-state index is -0.436. The number of amides is 1. The van der Waals surface area contributed by atoms with Gasteiger partial charge in [0.05, 0.1) is 12.8 Å². The van der Waals surface area contributed by atoms with Gasteiger partial charge in [-0.25, -0.2) is 4.79 Å². The number of ether oxygens (including phenoxy) is 1. The summed E-state index contributed by atoms with van der Waals surface area (Å²) >= 11 is 0. The Morgan fingerprint density at radius 1 is 1.22 bits per heavy atom. The predicted molar refractivity (Wildman–Crippen MR) is 94.3 cm³/mol. The molecule has 0 aliphatic carbocycles. The van der Waals surface area contributed by atoms with Crippen molar-refractivity contribution in [2.24, 2.45) is 0 Å². The molecular formula is C19H25NO3. The van der Waals surface area contributed by atoms with Crippen LogP contribution in [0.15, 0.2) is 30.3 Å². The molecule has 0 atom stereocenters. The van der Waals surface area contributed by atoms with Gasteiger partial charge in [-0.05, 0) is 24.3 Å². The van der Waals surface area contributed by atoms with Crippen molar-refractivity contribution in [3.63, 3.8) is 0 Å². The van der Waals surface area contributed by atoms with Gasteiger partial charge in [0.25, 0.3) is 0 Å². The van der Waals surface area contributed by atoms with Crippen LogP contribution < -0.4 is 4.90 Å². The zero-order chi connectivity index (χ0) is 16.8. The number of unbranched alkanes of at least 4 members (excludes halogenated alkanes) is 3. The number of phenols is 1. The van der Waals surface area contributed by atoms with Crippen molar-refractivity contribution in [3.05, 3.63) is 35.9 Å². The van der Waals surface area contributed by atoms with Crippen LogP contribution in [0.3, 0.4) is 0 Å². The molecule has 0 saturated heterocycles. The molecule has 0 bridgehead atoms. The Bertz CT molecular complexity index is 682. The molecule has 0 aromatic heterocycles. The summed E-state index contributed by atoms with van der Waals surface area (Å²) in [5.74, 6) is 0.269. The van der Waals surface area contributed by atoms with Crippen LogP contribution in [-0.2, 0) is 11.2 Å². The van der Waals surface area contributed by atoms with Gasteiger partial charge in [-0.15, -0.1) is 0 Å². The molecule has 1 amide bonds. The average Bonchev–Trinajstić information content (AvgIpc) is 2.58. The van der Waals surface area contributed by atoms with Gasteiger partial charge in [0.1, 0.15) is 5.75 Å². The summed E-state index contributed by atoms with van der Waals surface area (Å²) in [7, 11) is 3.03. The molecule has 4 nitrogen and oxygen atoms in total. The van der Waals surface area contributed by atoms with Gasteiger partial charge >= 0.3 is 6.09 Å². The average molecular weight is 315 g/mol. The maximum absolute atomic E-state index is 11.9. The van der Waals surface area contributed by atoms with E-state index in [1.54, 1.807) is 7.05 Å². The number of anilines is 1. The summed E-state index contributed by atoms with van der Waals surface area (Å²) in [6, 6.07) is 9.62. The lowest BCUT2D eigenvalue weighted by molar-refractivity contribution is 0.180. The number of nitrogens with zero attached hydrogens (tertiary/aromatic N) is 1. The molecule has 0 spiro atoms. The van der Waals surface area contributed by atoms with Crippen LogP contribution in [0.1, 0.15) is 38.2 Å². The van der Waals surface area contributed by atoms with E-state index in [4.69, 9.17) is 4.74 Å². The lowest BCUT2D eigenvalue weighted by atomic mass is 9.98. The summed E-state index contributed by atoms with van der Waals surface area (Å²) in [6.07, 6.45) is 4.75. The van der Waals surface area contributed by atoms with Crippen LogP contribution in [0.4, 0.5) is 10.5 Å². The molecule has 0 aliphatic heterocycles. The largest absolute Gasteiger partial charge is 0.507 e. The van der Waals surface area contributed by atoms with E-state index < -0.39 is 6.09 Å². The zero-order valence-corrected chi connectivity index (χ0v) is 14.1. The lowest BCUT2D eigenvalue weighted by Gasteiger charge is -2.21. The fraction of sp³-hybridized carbons (Fsp3) is 0.421. The molecule has 2 aromatic carbocycles. The number of aromatic hydroxyl groups is 1. The normalized spacial score (nSPS) is 10.7. The maximum Gasteiger partial charge on any atom is 0.413 e. The van der Waals surface area contributed by atoms with E-state index >= 15 is 0 Å². The van der Waals surface area contributed by atoms with Crippen LogP contribution in [0.25, 0.3) is 10.8 Å². The summed E-state index contributed by atoms with van der Waals surface area (Å²) in [5, 5.41) is 12.4. The summed E-state index contributed by atoms with van der Waals surface area (Å²) in [4.78, 5) is 13.4. The van der Waals surface area contributed by atoms with Crippen LogP contribution in [0.2, 0.25) is 0 Å². The highest BCUT2D eigenvalue weighted by molar-refractivity contribution is 5.97. The van der Waals surface area contributed by atoms with Crippen LogP contribution in [-0.4, -0.2) is 25.4 Å². The summed E-state index contributed by atoms with van der Waals surface area (Å²) in [6.45, 7) is 2.17. The van der Waals surface area contributed by atoms with Crippen molar-refractivity contribution in [2.45, 2.75) is 39.0 Å². The molecule has 23 heavy (non-hydrogen) atoms. The smallest absolute Gasteiger partial charge is 0.413 e. The molecule has 2 rings (SSSR count). The van der Waals surface area contributed by atoms with E-state index in [-0.39, 0.29) is 5.75 Å². The van der Waals surface area contributed by atoms with Gasteiger partial charge in [0, 0.05) is 18.0 Å². The number of methoxy groups -OCH3 is 1. The van der Waals surface area contributed by atoms with Gasteiger partial charge in [-0.2, -0.15) is 0 Å². The van der Waals surface area contributed by atoms with Gasteiger partial charge in [-0.3, -0.25) is 4.90 Å². The zero-order valence-electron chi connectivity index (χ0n) is 14.1. The highest BCUT2D eigenvalue weighted by atomic mass is 16.5. The second-order valence-corrected chi connectivity index (χ2v) is 5.78. The standard InChI is InChI=1S/C19H25NO3/c1-4-5-6-7-12-16-17(20(2)19(22)23-3)13-14-10-8-9-11-15(14)18(16)21/h8-11,13,21H,4-7,12H2,1-3H3. The third-order valence-corrected chi connectivity index (χ3v) is 4.19. The van der Waals surface area contributed by atoms with Gasteiger partial charge in [0.2, 0.25) is 0 Å². The van der Waals surface area contributed by atoms with Crippen molar-refractivity contribution < 1.29 is 14.6 Å². The first-order valence-electron chi connectivity index (χ1n) is 8.15. The molecule has 1 N–H and O–H groups in total. The fourth-order valence-electron chi connectivity index (χ4n) is 2.87. The Morgan fingerprint density at radius 3 is 2.65 bits per heavy atom. The van der Waals surface area contributed by atoms with Crippen molar-refractivity contribution >= 4 is 22.6 Å². The number of hydrogen-bond acceptors (Lipinski definition) is 3. The number of rotatable bonds is 6. The molecule has 0 fully saturated rings. The van der Waals surface area contributed by atoms with E-state index in [1.807, 2.05) is 30.3 Å². The van der Waals surface area contributed by atoms with Crippen LogP contribution in [0.5, 0.6) is 5.75 Å². The van der Waals surface area contributed by atoms with Crippen LogP contribution >= 0.6 is 0 Å². The first-order valence-corrected chi connectivity index (χ1v) is 8.15. The summed E-state index contributed by atoms with van der Waals surface area (Å²) in [5.41, 5.74) is 1.53. The SMILES string of the molecule is CCCCCCc1c(N(C)C(=O)OC)cc2ccccc2c1O. The Hall–Kier alpha value is -2.23. The number of hydrogen-bond donors (Lipinski definition) is 1. The highest BCUT2D eigenvalue weighted by Gasteiger charge is 2.19. The maximum atomic E-state index is 11.9. The molecule has 4 heteroatoms. The quantitative estimate of drug-likeness (QED) is 0.774.